The fraction of sp³-hybridized carbons (Fsp3) is 0. The zero-order valence-corrected chi connectivity index (χ0v) is 3.26. The molecular formula is BN6. The van der Waals surface area contributed by atoms with Gasteiger partial charge in [-0.05, 0) is 20.9 Å². The minimum absolute atomic E-state index is 0.778. The second-order valence-electron chi connectivity index (χ2n) is 0.525. The van der Waals surface area contributed by atoms with Gasteiger partial charge in [0, 0.05) is 0 Å². The van der Waals surface area contributed by atoms with Crippen LogP contribution in [-0.4, -0.2) is 7.55 Å². The van der Waals surface area contributed by atoms with Crippen LogP contribution in [0.1, 0.15) is 0 Å². The number of rotatable bonds is 2. The fourth-order valence-corrected chi connectivity index (χ4v) is 0.0693. The van der Waals surface area contributed by atoms with Gasteiger partial charge in [-0.1, -0.05) is 0 Å². The van der Waals surface area contributed by atoms with Crippen LogP contribution in [0, 0.1) is 0 Å². The molecule has 1 radical (unpaired) electrons. The van der Waals surface area contributed by atoms with Crippen molar-refractivity contribution in [2.24, 2.45) is 10.1 Å². The van der Waals surface area contributed by atoms with Gasteiger partial charge < -0.3 is 0 Å². The predicted octanol–water partition coefficient (Wildman–Crippen LogP) is 1.14. The van der Waals surface area contributed by atoms with Gasteiger partial charge in [0.25, 0.3) is 0 Å². The molecule has 0 saturated heterocycles. The Hall–Kier alpha value is -1.32. The minimum atomic E-state index is 0.778. The maximum atomic E-state index is 7.54. The van der Waals surface area contributed by atoms with E-state index in [4.69, 9.17) is 11.1 Å². The first kappa shape index (κ1) is 5.68. The number of hydrogen-bond acceptors (Lipinski definition) is 2. The van der Waals surface area contributed by atoms with Crippen LogP contribution in [0.25, 0.3) is 20.9 Å². The van der Waals surface area contributed by atoms with E-state index < -0.39 is 0 Å². The average molecular weight is 94.9 g/mol. The molecule has 33 valence electrons. The molecule has 0 aromatic heterocycles. The van der Waals surface area contributed by atoms with E-state index in [2.05, 4.69) is 19.9 Å². The molecule has 6 nitrogen and oxygen atoms in total. The highest BCUT2D eigenvalue weighted by Crippen LogP contribution is 1.66. The van der Waals surface area contributed by atoms with Gasteiger partial charge in [-0.15, -0.1) is 10.1 Å². The molecule has 0 unspecified atom stereocenters. The molecule has 0 atom stereocenters. The van der Waals surface area contributed by atoms with E-state index in [0.717, 1.165) is 7.55 Å². The van der Waals surface area contributed by atoms with E-state index in [9.17, 15) is 0 Å². The van der Waals surface area contributed by atoms with Crippen molar-refractivity contribution in [2.75, 3.05) is 0 Å². The topological polar surface area (TPSA) is 97.5 Å². The minimum Gasteiger partial charge on any atom is -0.149 e. The van der Waals surface area contributed by atoms with E-state index >= 15 is 0 Å². The second kappa shape index (κ2) is 4.68. The summed E-state index contributed by atoms with van der Waals surface area (Å²) in [7, 11) is 0.778. The summed E-state index contributed by atoms with van der Waals surface area (Å²) < 4.78 is 0. The molecule has 0 aromatic carbocycles. The Morgan fingerprint density at radius 2 is 1.57 bits per heavy atom. The zero-order valence-electron chi connectivity index (χ0n) is 3.26. The molecule has 0 saturated carbocycles. The predicted molar refractivity (Wildman–Crippen MR) is 24.0 cm³/mol. The van der Waals surface area contributed by atoms with E-state index in [1.807, 2.05) is 0 Å². The standard InChI is InChI=1S/BN6/c2-6-4-1-5-7-3. The van der Waals surface area contributed by atoms with Gasteiger partial charge in [0.15, 0.2) is 0 Å². The number of nitrogens with zero attached hydrogens (tertiary/aromatic N) is 6. The molecule has 0 fully saturated rings. The maximum absolute atomic E-state index is 7.54. The van der Waals surface area contributed by atoms with E-state index in [-0.39, 0.29) is 0 Å². The quantitative estimate of drug-likeness (QED) is 0.212. The van der Waals surface area contributed by atoms with Crippen LogP contribution in [0.3, 0.4) is 0 Å². The normalized spacial score (nSPS) is 5.14. The van der Waals surface area contributed by atoms with E-state index in [1.165, 1.54) is 0 Å². The fourth-order valence-electron chi connectivity index (χ4n) is 0.0693. The molecule has 0 rings (SSSR count). The molecule has 0 bridgehead atoms. The van der Waals surface area contributed by atoms with Crippen molar-refractivity contribution in [1.82, 2.24) is 0 Å². The summed E-state index contributed by atoms with van der Waals surface area (Å²) in [5.41, 5.74) is 15.1. The highest BCUT2D eigenvalue weighted by molar-refractivity contribution is 6.30. The maximum Gasteiger partial charge on any atom is 0.325 e. The van der Waals surface area contributed by atoms with Crippen LogP contribution >= 0.6 is 0 Å². The Balaban J connectivity index is 3.33. The van der Waals surface area contributed by atoms with Crippen LogP contribution in [-0.2, 0) is 0 Å². The zero-order chi connectivity index (χ0) is 5.54. The Kier molecular flexibility index (Phi) is 3.80. The Bertz CT molecular complexity index is 107. The van der Waals surface area contributed by atoms with Gasteiger partial charge in [-0.3, -0.25) is 0 Å². The molecule has 0 aliphatic rings. The summed E-state index contributed by atoms with van der Waals surface area (Å²) >= 11 is 0. The van der Waals surface area contributed by atoms with Crippen molar-refractivity contribution in [3.8, 4) is 0 Å². The van der Waals surface area contributed by atoms with E-state index in [1.54, 1.807) is 0 Å². The Morgan fingerprint density at radius 3 is 1.86 bits per heavy atom. The highest BCUT2D eigenvalue weighted by atomic mass is 15.2. The van der Waals surface area contributed by atoms with Gasteiger partial charge in [0.1, 0.15) is 0 Å². The lowest BCUT2D eigenvalue weighted by atomic mass is 10.3. The third-order valence-corrected chi connectivity index (χ3v) is 0.207. The van der Waals surface area contributed by atoms with Crippen molar-refractivity contribution in [1.29, 1.82) is 0 Å². The summed E-state index contributed by atoms with van der Waals surface area (Å²) in [5.74, 6) is 0. The summed E-state index contributed by atoms with van der Waals surface area (Å²) in [6.45, 7) is 0. The molecule has 0 spiro atoms. The first-order chi connectivity index (χ1) is 3.41. The highest BCUT2D eigenvalue weighted by Gasteiger charge is 1.68. The van der Waals surface area contributed by atoms with Crippen molar-refractivity contribution in [2.45, 2.75) is 0 Å². The molecule has 0 aliphatic carbocycles. The largest absolute Gasteiger partial charge is 0.325 e. The van der Waals surface area contributed by atoms with Gasteiger partial charge in [0.05, 0.1) is 0 Å². The lowest BCUT2D eigenvalue weighted by Gasteiger charge is -1.59. The van der Waals surface area contributed by atoms with Crippen molar-refractivity contribution < 1.29 is 0 Å². The molecule has 0 aliphatic heterocycles. The summed E-state index contributed by atoms with van der Waals surface area (Å²) in [5, 5.41) is 5.59. The monoisotopic (exact) mass is 95.0 g/mol. The van der Waals surface area contributed by atoms with Crippen LogP contribution in [0.5, 0.6) is 0 Å². The van der Waals surface area contributed by atoms with Crippen molar-refractivity contribution in [3.63, 3.8) is 0 Å². The second-order valence-corrected chi connectivity index (χ2v) is 0.525. The molecule has 0 N–H and O–H groups in total. The number of azide groups is 1. The number of hydrogen-bond donors (Lipinski definition) is 0. The van der Waals surface area contributed by atoms with E-state index in [0.29, 0.717) is 0 Å². The molecule has 0 heterocycles. The molecule has 7 heavy (non-hydrogen) atoms. The molecule has 0 aromatic rings. The summed E-state index contributed by atoms with van der Waals surface area (Å²) in [6.07, 6.45) is 0. The first-order valence-corrected chi connectivity index (χ1v) is 1.32. The van der Waals surface area contributed by atoms with Gasteiger partial charge in [-0.25, -0.2) is 0 Å². The van der Waals surface area contributed by atoms with Crippen molar-refractivity contribution >= 4 is 7.55 Å². The summed E-state index contributed by atoms with van der Waals surface area (Å²) in [4.78, 5) is 4.56. The third-order valence-electron chi connectivity index (χ3n) is 0.207. The van der Waals surface area contributed by atoms with Gasteiger partial charge >= 0.3 is 7.55 Å². The Labute approximate surface area is 39.7 Å². The van der Waals surface area contributed by atoms with Crippen LogP contribution in [0.4, 0.5) is 0 Å². The van der Waals surface area contributed by atoms with Crippen LogP contribution in [0.2, 0.25) is 0 Å². The SMILES string of the molecule is [N-]=[N+]=N[B]N=[N+]=[N-]. The molecule has 7 heteroatoms. The van der Waals surface area contributed by atoms with Crippen LogP contribution < -0.4 is 0 Å². The lowest BCUT2D eigenvalue weighted by molar-refractivity contribution is 1.61. The van der Waals surface area contributed by atoms with Gasteiger partial charge in [0.2, 0.25) is 0 Å². The average Bonchev–Trinajstić information content (AvgIpc) is 1.69. The third kappa shape index (κ3) is 4.68. The molecule has 0 amide bonds. The van der Waals surface area contributed by atoms with Crippen LogP contribution in [0.15, 0.2) is 10.1 Å². The molecular weight excluding hydrogens is 94.9 g/mol. The smallest absolute Gasteiger partial charge is 0.149 e. The first-order valence-electron chi connectivity index (χ1n) is 1.32. The summed E-state index contributed by atoms with van der Waals surface area (Å²) in [6, 6.07) is 0. The lowest BCUT2D eigenvalue weighted by Crippen LogP contribution is -1.67. The van der Waals surface area contributed by atoms with Gasteiger partial charge in [-0.2, -0.15) is 0 Å². The Morgan fingerprint density at radius 1 is 1.14 bits per heavy atom. The van der Waals surface area contributed by atoms with Crippen molar-refractivity contribution in [3.05, 3.63) is 20.9 Å².